The number of hydrogen-bond donors (Lipinski definition) is 2. The molecule has 1 aliphatic rings. The van der Waals surface area contributed by atoms with Gasteiger partial charge in [-0.05, 0) is 6.92 Å². The molecule has 0 aromatic rings. The van der Waals surface area contributed by atoms with Crippen LogP contribution in [0.2, 0.25) is 0 Å². The van der Waals surface area contributed by atoms with E-state index in [-0.39, 0.29) is 30.0 Å². The Morgan fingerprint density at radius 2 is 2.13 bits per heavy atom. The summed E-state index contributed by atoms with van der Waals surface area (Å²) in [7, 11) is -3.08. The van der Waals surface area contributed by atoms with Gasteiger partial charge in [0, 0.05) is 12.3 Å². The van der Waals surface area contributed by atoms with Gasteiger partial charge in [0.2, 0.25) is 11.8 Å². The second-order valence-electron chi connectivity index (χ2n) is 3.83. The van der Waals surface area contributed by atoms with Crippen LogP contribution in [0.1, 0.15) is 13.3 Å². The lowest BCUT2D eigenvalue weighted by atomic mass is 10.2. The van der Waals surface area contributed by atoms with Gasteiger partial charge in [0.05, 0.1) is 18.2 Å². The molecule has 0 saturated carbocycles. The first-order chi connectivity index (χ1) is 6.78. The predicted molar refractivity (Wildman–Crippen MR) is 53.9 cm³/mol. The smallest absolute Gasteiger partial charge is 0.244 e. The lowest BCUT2D eigenvalue weighted by Gasteiger charge is -2.15. The predicted octanol–water partition coefficient (Wildman–Crippen LogP) is -1.58. The van der Waals surface area contributed by atoms with Gasteiger partial charge in [0.15, 0.2) is 0 Å². The maximum Gasteiger partial charge on any atom is 0.244 e. The topological polar surface area (TPSA) is 92.3 Å². The number of nitrogens with one attached hydrogen (secondary N) is 2. The van der Waals surface area contributed by atoms with Gasteiger partial charge in [-0.1, -0.05) is 0 Å². The molecule has 6 nitrogen and oxygen atoms in total. The van der Waals surface area contributed by atoms with E-state index in [2.05, 4.69) is 10.6 Å². The van der Waals surface area contributed by atoms with Crippen molar-refractivity contribution in [3.05, 3.63) is 0 Å². The van der Waals surface area contributed by atoms with Crippen LogP contribution >= 0.6 is 0 Å². The zero-order valence-corrected chi connectivity index (χ0v) is 9.43. The molecular formula is C8H14N2O4S. The summed E-state index contributed by atoms with van der Waals surface area (Å²) in [4.78, 5) is 22.0. The normalized spacial score (nSPS) is 24.0. The molecule has 2 amide bonds. The van der Waals surface area contributed by atoms with Gasteiger partial charge < -0.3 is 5.32 Å². The second kappa shape index (κ2) is 4.28. The van der Waals surface area contributed by atoms with E-state index in [1.165, 1.54) is 0 Å². The summed E-state index contributed by atoms with van der Waals surface area (Å²) in [6.45, 7) is 1.66. The summed E-state index contributed by atoms with van der Waals surface area (Å²) < 4.78 is 21.9. The molecule has 0 aliphatic carbocycles. The van der Waals surface area contributed by atoms with E-state index >= 15 is 0 Å². The van der Waals surface area contributed by atoms with Gasteiger partial charge in [-0.2, -0.15) is 0 Å². The molecule has 7 heteroatoms. The average molecular weight is 234 g/mol. The van der Waals surface area contributed by atoms with Crippen molar-refractivity contribution in [1.29, 1.82) is 0 Å². The van der Waals surface area contributed by atoms with E-state index in [1.54, 1.807) is 6.92 Å². The van der Waals surface area contributed by atoms with Gasteiger partial charge in [-0.25, -0.2) is 8.42 Å². The number of amides is 2. The fourth-order valence-corrected chi connectivity index (χ4v) is 2.54. The maximum atomic E-state index is 11.1. The monoisotopic (exact) mass is 234 g/mol. The van der Waals surface area contributed by atoms with E-state index < -0.39 is 15.9 Å². The molecule has 1 aliphatic heterocycles. The van der Waals surface area contributed by atoms with Crippen molar-refractivity contribution in [2.24, 2.45) is 0 Å². The fraction of sp³-hybridized carbons (Fsp3) is 0.750. The summed E-state index contributed by atoms with van der Waals surface area (Å²) in [6, 6.07) is -0.948. The van der Waals surface area contributed by atoms with E-state index in [1.807, 2.05) is 0 Å². The fourth-order valence-electron chi connectivity index (χ4n) is 1.53. The van der Waals surface area contributed by atoms with Crippen LogP contribution in [0.25, 0.3) is 0 Å². The molecule has 15 heavy (non-hydrogen) atoms. The number of hydrogen-bond acceptors (Lipinski definition) is 5. The van der Waals surface area contributed by atoms with E-state index in [9.17, 15) is 18.0 Å². The van der Waals surface area contributed by atoms with Crippen LogP contribution in [0.5, 0.6) is 0 Å². The summed E-state index contributed by atoms with van der Waals surface area (Å²) in [5.41, 5.74) is 0. The number of imide groups is 1. The summed E-state index contributed by atoms with van der Waals surface area (Å²) in [5, 5.41) is 4.95. The SMILES string of the molecule is CC(CS(C)(=O)=O)NC1CC(=O)NC1=O. The van der Waals surface area contributed by atoms with Crippen LogP contribution < -0.4 is 10.6 Å². The van der Waals surface area contributed by atoms with Crippen molar-refractivity contribution in [2.45, 2.75) is 25.4 Å². The molecule has 0 spiro atoms. The van der Waals surface area contributed by atoms with Crippen molar-refractivity contribution < 1.29 is 18.0 Å². The van der Waals surface area contributed by atoms with E-state index in [0.717, 1.165) is 6.26 Å². The molecule has 1 fully saturated rings. The number of carbonyl (C=O) groups is 2. The molecule has 2 N–H and O–H groups in total. The van der Waals surface area contributed by atoms with Crippen molar-refractivity contribution in [3.8, 4) is 0 Å². The average Bonchev–Trinajstić information content (AvgIpc) is 2.25. The molecule has 0 bridgehead atoms. The van der Waals surface area contributed by atoms with Crippen molar-refractivity contribution in [2.75, 3.05) is 12.0 Å². The molecule has 1 rings (SSSR count). The Bertz CT molecular complexity index is 376. The molecule has 1 saturated heterocycles. The highest BCUT2D eigenvalue weighted by Crippen LogP contribution is 2.03. The molecular weight excluding hydrogens is 220 g/mol. The Morgan fingerprint density at radius 1 is 1.53 bits per heavy atom. The molecule has 2 atom stereocenters. The third kappa shape index (κ3) is 3.96. The number of carbonyl (C=O) groups excluding carboxylic acids is 2. The minimum Gasteiger partial charge on any atom is -0.302 e. The minimum atomic E-state index is -3.08. The van der Waals surface area contributed by atoms with Crippen molar-refractivity contribution in [1.82, 2.24) is 10.6 Å². The highest BCUT2D eigenvalue weighted by atomic mass is 32.2. The van der Waals surface area contributed by atoms with Gasteiger partial charge >= 0.3 is 0 Å². The van der Waals surface area contributed by atoms with Crippen LogP contribution in [-0.2, 0) is 19.4 Å². The quantitative estimate of drug-likeness (QED) is 0.573. The zero-order valence-electron chi connectivity index (χ0n) is 8.61. The van der Waals surface area contributed by atoms with Crippen LogP contribution in [0.15, 0.2) is 0 Å². The van der Waals surface area contributed by atoms with Crippen molar-refractivity contribution >= 4 is 21.7 Å². The molecule has 86 valence electrons. The lowest BCUT2D eigenvalue weighted by Crippen LogP contribution is -2.44. The van der Waals surface area contributed by atoms with Gasteiger partial charge in [-0.3, -0.25) is 14.9 Å². The molecule has 1 heterocycles. The highest BCUT2D eigenvalue weighted by Gasteiger charge is 2.31. The standard InChI is InChI=1S/C8H14N2O4S/c1-5(4-15(2,13)14)9-6-3-7(11)10-8(6)12/h5-6,9H,3-4H2,1-2H3,(H,10,11,12). The van der Waals surface area contributed by atoms with Crippen LogP contribution in [0, 0.1) is 0 Å². The third-order valence-corrected chi connectivity index (χ3v) is 3.11. The molecule has 0 radical (unpaired) electrons. The van der Waals surface area contributed by atoms with Gasteiger partial charge in [0.1, 0.15) is 9.84 Å². The van der Waals surface area contributed by atoms with Crippen LogP contribution in [0.4, 0.5) is 0 Å². The maximum absolute atomic E-state index is 11.1. The first-order valence-electron chi connectivity index (χ1n) is 4.55. The molecule has 0 aromatic heterocycles. The Morgan fingerprint density at radius 3 is 2.53 bits per heavy atom. The van der Waals surface area contributed by atoms with Gasteiger partial charge in [0.25, 0.3) is 0 Å². The van der Waals surface area contributed by atoms with Gasteiger partial charge in [-0.15, -0.1) is 0 Å². The summed E-state index contributed by atoms with van der Waals surface area (Å²) in [6.07, 6.45) is 1.21. The first-order valence-corrected chi connectivity index (χ1v) is 6.61. The zero-order chi connectivity index (χ0) is 11.6. The minimum absolute atomic E-state index is 0.0506. The highest BCUT2D eigenvalue weighted by molar-refractivity contribution is 7.90. The largest absolute Gasteiger partial charge is 0.302 e. The Labute approximate surface area is 88.3 Å². The van der Waals surface area contributed by atoms with E-state index in [0.29, 0.717) is 0 Å². The third-order valence-electron chi connectivity index (χ3n) is 2.01. The lowest BCUT2D eigenvalue weighted by molar-refractivity contribution is -0.125. The Hall–Kier alpha value is -0.950. The number of rotatable bonds is 4. The van der Waals surface area contributed by atoms with Crippen LogP contribution in [0.3, 0.4) is 0 Å². The number of sulfone groups is 1. The first kappa shape index (κ1) is 12.1. The summed E-state index contributed by atoms with van der Waals surface area (Å²) in [5.74, 6) is -0.769. The molecule has 0 aromatic carbocycles. The summed E-state index contributed by atoms with van der Waals surface area (Å²) >= 11 is 0. The van der Waals surface area contributed by atoms with Crippen LogP contribution in [-0.4, -0.2) is 44.3 Å². The van der Waals surface area contributed by atoms with Crippen molar-refractivity contribution in [3.63, 3.8) is 0 Å². The second-order valence-corrected chi connectivity index (χ2v) is 6.01. The Kier molecular flexibility index (Phi) is 3.46. The molecule has 2 unspecified atom stereocenters. The van der Waals surface area contributed by atoms with E-state index in [4.69, 9.17) is 0 Å². The Balaban J connectivity index is 2.49.